The lowest BCUT2D eigenvalue weighted by atomic mass is 10.1. The molecule has 0 fully saturated rings. The van der Waals surface area contributed by atoms with Crippen molar-refractivity contribution in [3.8, 4) is 0 Å². The Morgan fingerprint density at radius 3 is 2.90 bits per heavy atom. The average molecular weight is 288 g/mol. The van der Waals surface area contributed by atoms with Crippen LogP contribution in [0.5, 0.6) is 0 Å². The molecule has 2 amide bonds. The zero-order chi connectivity index (χ0) is 14.1. The highest BCUT2D eigenvalue weighted by atomic mass is 35.5. The van der Waals surface area contributed by atoms with Gasteiger partial charge >= 0.3 is 0 Å². The van der Waals surface area contributed by atoms with Crippen LogP contribution in [0.3, 0.4) is 0 Å². The summed E-state index contributed by atoms with van der Waals surface area (Å²) in [4.78, 5) is 29.5. The number of amides is 2. The van der Waals surface area contributed by atoms with Crippen LogP contribution in [0.1, 0.15) is 10.4 Å². The molecule has 100 valence electrons. The zero-order valence-electron chi connectivity index (χ0n) is 10.3. The summed E-state index contributed by atoms with van der Waals surface area (Å²) < 4.78 is 0. The quantitative estimate of drug-likeness (QED) is 0.875. The summed E-state index contributed by atoms with van der Waals surface area (Å²) in [5, 5.41) is 3.00. The number of hydrogen-bond donors (Lipinski definition) is 1. The van der Waals surface area contributed by atoms with Gasteiger partial charge in [0.1, 0.15) is 6.54 Å². The summed E-state index contributed by atoms with van der Waals surface area (Å²) in [6.07, 6.45) is 2.90. The van der Waals surface area contributed by atoms with E-state index in [1.807, 2.05) is 6.07 Å². The normalized spacial score (nSPS) is 13.7. The number of halogens is 1. The average Bonchev–Trinajstić information content (AvgIpc) is 2.46. The van der Waals surface area contributed by atoms with E-state index in [2.05, 4.69) is 10.3 Å². The van der Waals surface area contributed by atoms with Crippen molar-refractivity contribution < 1.29 is 9.59 Å². The van der Waals surface area contributed by atoms with Crippen molar-refractivity contribution in [2.24, 2.45) is 0 Å². The SMILES string of the molecule is O=C1CN(C(=O)c2ccncc2Cl)c2ccccc2N1. The first-order valence-electron chi connectivity index (χ1n) is 5.97. The zero-order valence-corrected chi connectivity index (χ0v) is 11.1. The van der Waals surface area contributed by atoms with Crippen LogP contribution in [-0.4, -0.2) is 23.3 Å². The van der Waals surface area contributed by atoms with Crippen molar-refractivity contribution in [3.05, 3.63) is 53.3 Å². The molecule has 6 heteroatoms. The van der Waals surface area contributed by atoms with Crippen LogP contribution in [0.2, 0.25) is 5.02 Å². The number of hydrogen-bond acceptors (Lipinski definition) is 3. The molecule has 5 nitrogen and oxygen atoms in total. The fourth-order valence-corrected chi connectivity index (χ4v) is 2.31. The van der Waals surface area contributed by atoms with Crippen molar-refractivity contribution in [2.45, 2.75) is 0 Å². The van der Waals surface area contributed by atoms with Crippen LogP contribution in [0, 0.1) is 0 Å². The predicted octanol–water partition coefficient (Wildman–Crippen LogP) is 2.33. The molecule has 1 N–H and O–H groups in total. The standard InChI is InChI=1S/C14H10ClN3O2/c15-10-7-16-6-5-9(10)14(20)18-8-13(19)17-11-3-1-2-4-12(11)18/h1-7H,8H2,(H,17,19). The minimum Gasteiger partial charge on any atom is -0.323 e. The van der Waals surface area contributed by atoms with Crippen molar-refractivity contribution in [3.63, 3.8) is 0 Å². The summed E-state index contributed by atoms with van der Waals surface area (Å²) >= 11 is 5.99. The maximum absolute atomic E-state index is 12.6. The Morgan fingerprint density at radius 2 is 2.10 bits per heavy atom. The first-order chi connectivity index (χ1) is 9.66. The molecule has 2 aromatic rings. The number of pyridine rings is 1. The second-order valence-corrected chi connectivity index (χ2v) is 4.72. The number of para-hydroxylation sites is 2. The Hall–Kier alpha value is -2.40. The molecule has 0 bridgehead atoms. The molecule has 20 heavy (non-hydrogen) atoms. The smallest absolute Gasteiger partial charge is 0.260 e. The van der Waals surface area contributed by atoms with Crippen LogP contribution < -0.4 is 10.2 Å². The molecule has 1 aromatic carbocycles. The van der Waals surface area contributed by atoms with Gasteiger partial charge in [0, 0.05) is 12.4 Å². The van der Waals surface area contributed by atoms with E-state index < -0.39 is 0 Å². The monoisotopic (exact) mass is 287 g/mol. The Balaban J connectivity index is 2.05. The van der Waals surface area contributed by atoms with E-state index in [9.17, 15) is 9.59 Å². The van der Waals surface area contributed by atoms with E-state index in [4.69, 9.17) is 11.6 Å². The Labute approximate surface area is 120 Å². The predicted molar refractivity (Wildman–Crippen MR) is 76.0 cm³/mol. The number of nitrogens with zero attached hydrogens (tertiary/aromatic N) is 2. The number of rotatable bonds is 1. The molecule has 0 unspecified atom stereocenters. The van der Waals surface area contributed by atoms with E-state index in [-0.39, 0.29) is 23.4 Å². The highest BCUT2D eigenvalue weighted by Gasteiger charge is 2.28. The summed E-state index contributed by atoms with van der Waals surface area (Å²) in [6.45, 7) is -0.0332. The number of carbonyl (C=O) groups excluding carboxylic acids is 2. The van der Waals surface area contributed by atoms with Gasteiger partial charge in [-0.2, -0.15) is 0 Å². The van der Waals surface area contributed by atoms with E-state index >= 15 is 0 Å². The van der Waals surface area contributed by atoms with Gasteiger partial charge < -0.3 is 5.32 Å². The molecule has 0 atom stereocenters. The van der Waals surface area contributed by atoms with Crippen molar-refractivity contribution in [1.29, 1.82) is 0 Å². The van der Waals surface area contributed by atoms with Crippen LogP contribution in [-0.2, 0) is 4.79 Å². The highest BCUT2D eigenvalue weighted by Crippen LogP contribution is 2.30. The maximum atomic E-state index is 12.6. The molecular weight excluding hydrogens is 278 g/mol. The Kier molecular flexibility index (Phi) is 3.12. The lowest BCUT2D eigenvalue weighted by Crippen LogP contribution is -2.42. The van der Waals surface area contributed by atoms with Crippen LogP contribution >= 0.6 is 11.6 Å². The molecular formula is C14H10ClN3O2. The summed E-state index contributed by atoms with van der Waals surface area (Å²) in [6, 6.07) is 8.68. The number of fused-ring (bicyclic) bond motifs is 1. The van der Waals surface area contributed by atoms with Gasteiger partial charge in [-0.15, -0.1) is 0 Å². The summed E-state index contributed by atoms with van der Waals surface area (Å²) in [7, 11) is 0. The Morgan fingerprint density at radius 1 is 1.30 bits per heavy atom. The first-order valence-corrected chi connectivity index (χ1v) is 6.35. The highest BCUT2D eigenvalue weighted by molar-refractivity contribution is 6.34. The number of aromatic nitrogens is 1. The van der Waals surface area contributed by atoms with E-state index in [1.165, 1.54) is 17.3 Å². The van der Waals surface area contributed by atoms with Gasteiger partial charge in [-0.1, -0.05) is 23.7 Å². The molecule has 1 aliphatic rings. The van der Waals surface area contributed by atoms with Gasteiger partial charge in [-0.05, 0) is 18.2 Å². The number of benzene rings is 1. The van der Waals surface area contributed by atoms with Crippen molar-refractivity contribution in [2.75, 3.05) is 16.8 Å². The maximum Gasteiger partial charge on any atom is 0.260 e. The number of carbonyl (C=O) groups is 2. The summed E-state index contributed by atoms with van der Waals surface area (Å²) in [5.41, 5.74) is 1.60. The molecule has 0 saturated carbocycles. The van der Waals surface area contributed by atoms with Gasteiger partial charge in [0.2, 0.25) is 5.91 Å². The lowest BCUT2D eigenvalue weighted by molar-refractivity contribution is -0.115. The molecule has 3 rings (SSSR count). The van der Waals surface area contributed by atoms with Crippen molar-refractivity contribution >= 4 is 34.8 Å². The largest absolute Gasteiger partial charge is 0.323 e. The second kappa shape index (κ2) is 4.94. The fraction of sp³-hybridized carbons (Fsp3) is 0.0714. The molecule has 2 heterocycles. The van der Waals surface area contributed by atoms with Gasteiger partial charge in [-0.3, -0.25) is 19.5 Å². The van der Waals surface area contributed by atoms with Gasteiger partial charge in [0.15, 0.2) is 0 Å². The Bertz CT molecular complexity index is 702. The summed E-state index contributed by atoms with van der Waals surface area (Å²) in [5.74, 6) is -0.554. The lowest BCUT2D eigenvalue weighted by Gasteiger charge is -2.29. The topological polar surface area (TPSA) is 62.3 Å². The van der Waals surface area contributed by atoms with Crippen LogP contribution in [0.25, 0.3) is 0 Å². The van der Waals surface area contributed by atoms with E-state index in [1.54, 1.807) is 24.3 Å². The number of nitrogens with one attached hydrogen (secondary N) is 1. The van der Waals surface area contributed by atoms with E-state index in [0.717, 1.165) is 0 Å². The van der Waals surface area contributed by atoms with Gasteiger partial charge in [0.25, 0.3) is 5.91 Å². The third kappa shape index (κ3) is 2.12. The first kappa shape index (κ1) is 12.6. The third-order valence-corrected chi connectivity index (χ3v) is 3.32. The van der Waals surface area contributed by atoms with E-state index in [0.29, 0.717) is 16.9 Å². The van der Waals surface area contributed by atoms with Gasteiger partial charge in [-0.25, -0.2) is 0 Å². The van der Waals surface area contributed by atoms with Crippen molar-refractivity contribution in [1.82, 2.24) is 4.98 Å². The fourth-order valence-electron chi connectivity index (χ4n) is 2.11. The van der Waals surface area contributed by atoms with Crippen LogP contribution in [0.15, 0.2) is 42.7 Å². The molecule has 0 spiro atoms. The number of anilines is 2. The second-order valence-electron chi connectivity index (χ2n) is 4.31. The molecule has 0 aliphatic carbocycles. The van der Waals surface area contributed by atoms with Gasteiger partial charge in [0.05, 0.1) is 22.0 Å². The minimum absolute atomic E-state index is 0.0332. The molecule has 0 saturated heterocycles. The molecule has 1 aliphatic heterocycles. The molecule has 0 radical (unpaired) electrons. The minimum atomic E-state index is -0.320. The molecule has 1 aromatic heterocycles. The van der Waals surface area contributed by atoms with Crippen LogP contribution in [0.4, 0.5) is 11.4 Å². The third-order valence-electron chi connectivity index (χ3n) is 3.02.